The molecule has 1 heterocycles. The number of piperidine rings is 1. The molecule has 0 radical (unpaired) electrons. The normalized spacial score (nSPS) is 18.8. The molecule has 2 aromatic carbocycles. The molecule has 6 nitrogen and oxygen atoms in total. The number of aliphatic imine (C=N–C) groups is 1. The van der Waals surface area contributed by atoms with Gasteiger partial charge in [0.15, 0.2) is 12.6 Å². The summed E-state index contributed by atoms with van der Waals surface area (Å²) in [6, 6.07) is 18.6. The van der Waals surface area contributed by atoms with Crippen molar-refractivity contribution in [3.63, 3.8) is 0 Å². The number of primary amides is 1. The molecule has 3 N–H and O–H groups in total. The van der Waals surface area contributed by atoms with Crippen molar-refractivity contribution in [3.05, 3.63) is 65.7 Å². The predicted molar refractivity (Wildman–Crippen MR) is 136 cm³/mol. The van der Waals surface area contributed by atoms with Crippen molar-refractivity contribution >= 4 is 35.8 Å². The maximum atomic E-state index is 10.8. The van der Waals surface area contributed by atoms with Gasteiger partial charge < -0.3 is 20.7 Å². The van der Waals surface area contributed by atoms with Gasteiger partial charge in [-0.1, -0.05) is 49.4 Å². The molecule has 7 heteroatoms. The van der Waals surface area contributed by atoms with E-state index in [2.05, 4.69) is 52.5 Å². The van der Waals surface area contributed by atoms with Crippen LogP contribution in [0.4, 0.5) is 0 Å². The van der Waals surface area contributed by atoms with Gasteiger partial charge >= 0.3 is 0 Å². The number of carbonyl (C=O) groups is 1. The van der Waals surface area contributed by atoms with Crippen LogP contribution in [-0.4, -0.2) is 50.1 Å². The van der Waals surface area contributed by atoms with Crippen molar-refractivity contribution < 1.29 is 9.53 Å². The molecule has 0 aliphatic carbocycles. The lowest BCUT2D eigenvalue weighted by Crippen LogP contribution is -2.48. The standard InChI is InChI=1S/C24H32N4O2.HI/c1-18-16-28(15-13-22(18)20-6-4-3-5-7-20)24(26-2)27-14-12-19-8-10-21(11-9-19)30-17-23(25)29;/h3-11,18,22H,12-17H2,1-2H3,(H2,25,29)(H,26,27);1H. The van der Waals surface area contributed by atoms with Crippen LogP contribution in [0, 0.1) is 5.92 Å². The first-order chi connectivity index (χ1) is 14.6. The molecule has 1 saturated heterocycles. The van der Waals surface area contributed by atoms with Crippen LogP contribution in [0.1, 0.15) is 30.4 Å². The summed E-state index contributed by atoms with van der Waals surface area (Å²) in [5, 5.41) is 3.50. The number of hydrogen-bond acceptors (Lipinski definition) is 3. The summed E-state index contributed by atoms with van der Waals surface area (Å²) in [5.41, 5.74) is 7.73. The second-order valence-electron chi connectivity index (χ2n) is 7.85. The van der Waals surface area contributed by atoms with Crippen LogP contribution in [0.5, 0.6) is 5.75 Å². The molecule has 0 saturated carbocycles. The maximum Gasteiger partial charge on any atom is 0.255 e. The highest BCUT2D eigenvalue weighted by atomic mass is 127. The second-order valence-corrected chi connectivity index (χ2v) is 7.85. The molecule has 31 heavy (non-hydrogen) atoms. The molecule has 168 valence electrons. The number of nitrogens with zero attached hydrogens (tertiary/aromatic N) is 2. The SMILES string of the molecule is CN=C(NCCc1ccc(OCC(N)=O)cc1)N1CCC(c2ccccc2)C(C)C1.I. The molecule has 1 amide bonds. The van der Waals surface area contributed by atoms with E-state index >= 15 is 0 Å². The summed E-state index contributed by atoms with van der Waals surface area (Å²) in [6.07, 6.45) is 2.02. The van der Waals surface area contributed by atoms with Gasteiger partial charge in [0.05, 0.1) is 0 Å². The summed E-state index contributed by atoms with van der Waals surface area (Å²) in [6.45, 7) is 5.05. The second kappa shape index (κ2) is 12.5. The molecule has 2 aromatic rings. The molecule has 1 aliphatic rings. The third-order valence-electron chi connectivity index (χ3n) is 5.65. The number of ether oxygens (including phenoxy) is 1. The van der Waals surface area contributed by atoms with Crippen molar-refractivity contribution in [2.75, 3.05) is 33.3 Å². The number of guanidine groups is 1. The highest BCUT2D eigenvalue weighted by molar-refractivity contribution is 14.0. The summed E-state index contributed by atoms with van der Waals surface area (Å²) < 4.78 is 5.30. The number of halogens is 1. The van der Waals surface area contributed by atoms with Crippen LogP contribution >= 0.6 is 24.0 Å². The van der Waals surface area contributed by atoms with Gasteiger partial charge in [-0.3, -0.25) is 9.79 Å². The van der Waals surface area contributed by atoms with Crippen LogP contribution in [0.15, 0.2) is 59.6 Å². The van der Waals surface area contributed by atoms with Gasteiger partial charge in [-0.15, -0.1) is 24.0 Å². The average molecular weight is 536 g/mol. The van der Waals surface area contributed by atoms with E-state index in [0.717, 1.165) is 38.4 Å². The number of amides is 1. The molecule has 0 aromatic heterocycles. The Morgan fingerprint density at radius 3 is 2.52 bits per heavy atom. The Labute approximate surface area is 202 Å². The van der Waals surface area contributed by atoms with E-state index in [-0.39, 0.29) is 30.6 Å². The topological polar surface area (TPSA) is 80.0 Å². The fourth-order valence-electron chi connectivity index (χ4n) is 4.09. The maximum absolute atomic E-state index is 10.8. The van der Waals surface area contributed by atoms with Crippen LogP contribution in [0.25, 0.3) is 0 Å². The molecule has 0 spiro atoms. The van der Waals surface area contributed by atoms with E-state index in [1.54, 1.807) is 0 Å². The molecular formula is C24H33IN4O2. The van der Waals surface area contributed by atoms with Gasteiger partial charge in [0.1, 0.15) is 5.75 Å². The van der Waals surface area contributed by atoms with Crippen molar-refractivity contribution in [2.24, 2.45) is 16.6 Å². The minimum absolute atomic E-state index is 0. The zero-order chi connectivity index (χ0) is 21.3. The fourth-order valence-corrected chi connectivity index (χ4v) is 4.09. The summed E-state index contributed by atoms with van der Waals surface area (Å²) in [7, 11) is 1.85. The average Bonchev–Trinajstić information content (AvgIpc) is 2.76. The quantitative estimate of drug-likeness (QED) is 0.323. The van der Waals surface area contributed by atoms with Crippen LogP contribution in [-0.2, 0) is 11.2 Å². The zero-order valence-corrected chi connectivity index (χ0v) is 20.6. The monoisotopic (exact) mass is 536 g/mol. The lowest BCUT2D eigenvalue weighted by atomic mass is 9.82. The molecule has 2 atom stereocenters. The van der Waals surface area contributed by atoms with Crippen molar-refractivity contribution in [2.45, 2.75) is 25.7 Å². The third-order valence-corrected chi connectivity index (χ3v) is 5.65. The summed E-state index contributed by atoms with van der Waals surface area (Å²) in [4.78, 5) is 17.7. The van der Waals surface area contributed by atoms with Gasteiger partial charge in [-0.2, -0.15) is 0 Å². The van der Waals surface area contributed by atoms with Gasteiger partial charge in [-0.05, 0) is 47.9 Å². The van der Waals surface area contributed by atoms with E-state index in [4.69, 9.17) is 10.5 Å². The van der Waals surface area contributed by atoms with Gasteiger partial charge in [-0.25, -0.2) is 0 Å². The molecule has 1 aliphatic heterocycles. The number of hydrogen-bond donors (Lipinski definition) is 2. The Morgan fingerprint density at radius 1 is 1.19 bits per heavy atom. The van der Waals surface area contributed by atoms with Crippen molar-refractivity contribution in [3.8, 4) is 5.75 Å². The number of benzene rings is 2. The molecular weight excluding hydrogens is 503 g/mol. The van der Waals surface area contributed by atoms with Gasteiger partial charge in [0.2, 0.25) is 0 Å². The highest BCUT2D eigenvalue weighted by Crippen LogP contribution is 2.32. The van der Waals surface area contributed by atoms with E-state index in [1.807, 2.05) is 31.3 Å². The molecule has 1 fully saturated rings. The zero-order valence-electron chi connectivity index (χ0n) is 18.3. The van der Waals surface area contributed by atoms with Gasteiger partial charge in [0, 0.05) is 26.7 Å². The Kier molecular flexibility index (Phi) is 10.1. The Morgan fingerprint density at radius 2 is 1.90 bits per heavy atom. The Balaban J connectivity index is 0.00000341. The number of likely N-dealkylation sites (tertiary alicyclic amines) is 1. The van der Waals surface area contributed by atoms with E-state index in [9.17, 15) is 4.79 Å². The Bertz CT molecular complexity index is 842. The van der Waals surface area contributed by atoms with E-state index in [0.29, 0.717) is 17.6 Å². The third kappa shape index (κ3) is 7.41. The minimum atomic E-state index is -0.475. The first kappa shape index (κ1) is 25.0. The fraction of sp³-hybridized carbons (Fsp3) is 0.417. The predicted octanol–water partition coefficient (Wildman–Crippen LogP) is 3.41. The summed E-state index contributed by atoms with van der Waals surface area (Å²) >= 11 is 0. The first-order valence-electron chi connectivity index (χ1n) is 10.6. The first-order valence-corrected chi connectivity index (χ1v) is 10.6. The van der Waals surface area contributed by atoms with E-state index in [1.165, 1.54) is 11.1 Å². The molecule has 0 bridgehead atoms. The Hall–Kier alpha value is -2.29. The number of nitrogens with two attached hydrogens (primary N) is 1. The minimum Gasteiger partial charge on any atom is -0.484 e. The smallest absolute Gasteiger partial charge is 0.255 e. The summed E-state index contributed by atoms with van der Waals surface area (Å²) in [5.74, 6) is 2.33. The molecule has 2 unspecified atom stereocenters. The molecule has 3 rings (SSSR count). The number of rotatable bonds is 7. The van der Waals surface area contributed by atoms with Crippen molar-refractivity contribution in [1.29, 1.82) is 0 Å². The van der Waals surface area contributed by atoms with Gasteiger partial charge in [0.25, 0.3) is 5.91 Å². The highest BCUT2D eigenvalue weighted by Gasteiger charge is 2.28. The number of nitrogens with one attached hydrogen (secondary N) is 1. The van der Waals surface area contributed by atoms with E-state index < -0.39 is 5.91 Å². The lowest BCUT2D eigenvalue weighted by molar-refractivity contribution is -0.119. The van der Waals surface area contributed by atoms with Crippen molar-refractivity contribution in [1.82, 2.24) is 10.2 Å². The van der Waals surface area contributed by atoms with Crippen LogP contribution in [0.3, 0.4) is 0 Å². The lowest BCUT2D eigenvalue weighted by Gasteiger charge is -2.39. The number of carbonyl (C=O) groups excluding carboxylic acids is 1. The largest absolute Gasteiger partial charge is 0.484 e. The van der Waals surface area contributed by atoms with Crippen LogP contribution < -0.4 is 15.8 Å². The van der Waals surface area contributed by atoms with Crippen LogP contribution in [0.2, 0.25) is 0 Å².